The predicted molar refractivity (Wildman–Crippen MR) is 132 cm³/mol. The van der Waals surface area contributed by atoms with Gasteiger partial charge in [0.25, 0.3) is 0 Å². The number of ether oxygens (including phenoxy) is 4. The SMILES string of the molecule is COCOc1c(C)c2c(oc(=O)n2COCC[Si](C)(C)C)c2c3ccccc3n(COC)c12. The fourth-order valence-corrected chi connectivity index (χ4v) is 4.97. The standard InChI is InChI=1S/C24H32N2O6Si/c1-16-20-23(32-24(27)26(20)14-30-11-12-33(4,5)6)19-17-9-7-8-10-18(17)25(13-28-2)21(19)22(16)31-15-29-3/h7-10H,11-15H2,1-6H3. The van der Waals surface area contributed by atoms with Crippen LogP contribution in [0.5, 0.6) is 5.75 Å². The van der Waals surface area contributed by atoms with Gasteiger partial charge in [-0.25, -0.2) is 9.36 Å². The lowest BCUT2D eigenvalue weighted by Gasteiger charge is -2.16. The molecule has 0 aliphatic heterocycles. The molecule has 4 aromatic rings. The molecule has 0 amide bonds. The number of rotatable bonds is 10. The zero-order valence-corrected chi connectivity index (χ0v) is 21.2. The summed E-state index contributed by atoms with van der Waals surface area (Å²) in [6.45, 7) is 9.95. The highest BCUT2D eigenvalue weighted by atomic mass is 28.3. The molecule has 0 fully saturated rings. The molecule has 0 saturated carbocycles. The van der Waals surface area contributed by atoms with Crippen molar-refractivity contribution in [2.75, 3.05) is 27.6 Å². The largest absolute Gasteiger partial charge is 0.465 e. The Bertz CT molecular complexity index is 1340. The molecule has 33 heavy (non-hydrogen) atoms. The van der Waals surface area contributed by atoms with Crippen LogP contribution in [0, 0.1) is 6.92 Å². The third kappa shape index (κ3) is 4.33. The number of fused-ring (bicyclic) bond motifs is 5. The summed E-state index contributed by atoms with van der Waals surface area (Å²) in [4.78, 5) is 12.9. The van der Waals surface area contributed by atoms with Crippen LogP contribution in [0.2, 0.25) is 25.7 Å². The summed E-state index contributed by atoms with van der Waals surface area (Å²) < 4.78 is 32.1. The molecule has 0 aliphatic rings. The number of hydrogen-bond acceptors (Lipinski definition) is 6. The van der Waals surface area contributed by atoms with Gasteiger partial charge in [0.2, 0.25) is 0 Å². The molecule has 0 bridgehead atoms. The number of hydrogen-bond donors (Lipinski definition) is 0. The van der Waals surface area contributed by atoms with E-state index in [1.165, 1.54) is 0 Å². The summed E-state index contributed by atoms with van der Waals surface area (Å²) in [7, 11) is 1.99. The van der Waals surface area contributed by atoms with Crippen LogP contribution in [0.25, 0.3) is 32.9 Å². The van der Waals surface area contributed by atoms with Crippen molar-refractivity contribution in [1.29, 1.82) is 0 Å². The van der Waals surface area contributed by atoms with E-state index in [9.17, 15) is 4.79 Å². The predicted octanol–water partition coefficient (Wildman–Crippen LogP) is 4.91. The molecule has 0 spiro atoms. The van der Waals surface area contributed by atoms with E-state index in [0.717, 1.165) is 33.4 Å². The first kappa shape index (κ1) is 23.6. The molecule has 2 heterocycles. The van der Waals surface area contributed by atoms with Gasteiger partial charge >= 0.3 is 5.76 Å². The molecular weight excluding hydrogens is 440 g/mol. The van der Waals surface area contributed by atoms with Crippen molar-refractivity contribution < 1.29 is 23.4 Å². The minimum absolute atomic E-state index is 0.0742. The fourth-order valence-electron chi connectivity index (χ4n) is 4.21. The zero-order chi connectivity index (χ0) is 23.8. The van der Waals surface area contributed by atoms with Crippen molar-refractivity contribution in [3.63, 3.8) is 0 Å². The summed E-state index contributed by atoms with van der Waals surface area (Å²) >= 11 is 0. The topological polar surface area (TPSA) is 77.0 Å². The van der Waals surface area contributed by atoms with Crippen molar-refractivity contribution in [3.8, 4) is 5.75 Å². The van der Waals surface area contributed by atoms with E-state index in [-0.39, 0.29) is 13.5 Å². The number of benzene rings is 2. The maximum absolute atomic E-state index is 12.9. The molecule has 0 aliphatic carbocycles. The van der Waals surface area contributed by atoms with Crippen molar-refractivity contribution in [3.05, 3.63) is 40.4 Å². The number of aromatic nitrogens is 2. The summed E-state index contributed by atoms with van der Waals surface area (Å²) in [6.07, 6.45) is 0. The molecule has 2 aromatic carbocycles. The highest BCUT2D eigenvalue weighted by molar-refractivity contribution is 6.76. The molecule has 0 N–H and O–H groups in total. The zero-order valence-electron chi connectivity index (χ0n) is 20.2. The summed E-state index contributed by atoms with van der Waals surface area (Å²) in [5.74, 6) is 0.180. The van der Waals surface area contributed by atoms with Gasteiger partial charge in [0.15, 0.2) is 18.1 Å². The smallest absolute Gasteiger partial charge is 0.421 e. The molecule has 2 aromatic heterocycles. The summed E-state index contributed by atoms with van der Waals surface area (Å²) in [5, 5.41) is 1.77. The maximum Gasteiger partial charge on any atom is 0.421 e. The first-order valence-corrected chi connectivity index (χ1v) is 14.7. The molecule has 0 radical (unpaired) electrons. The Kier molecular flexibility index (Phi) is 6.67. The lowest BCUT2D eigenvalue weighted by molar-refractivity contribution is 0.0511. The molecule has 4 rings (SSSR count). The minimum Gasteiger partial charge on any atom is -0.465 e. The second-order valence-electron chi connectivity index (χ2n) is 9.41. The van der Waals surface area contributed by atoms with Gasteiger partial charge in [-0.2, -0.15) is 0 Å². The van der Waals surface area contributed by atoms with Crippen LogP contribution in [0.4, 0.5) is 0 Å². The molecule has 178 valence electrons. The average Bonchev–Trinajstić information content (AvgIpc) is 3.26. The number of aryl methyl sites for hydroxylation is 1. The Labute approximate surface area is 193 Å². The van der Waals surface area contributed by atoms with E-state index in [2.05, 4.69) is 19.6 Å². The van der Waals surface area contributed by atoms with Crippen LogP contribution in [-0.4, -0.2) is 44.8 Å². The molecule has 8 nitrogen and oxygen atoms in total. The van der Waals surface area contributed by atoms with Gasteiger partial charge in [0, 0.05) is 39.9 Å². The lowest BCUT2D eigenvalue weighted by atomic mass is 10.1. The van der Waals surface area contributed by atoms with Crippen molar-refractivity contribution >= 4 is 41.0 Å². The van der Waals surface area contributed by atoms with Gasteiger partial charge in [-0.15, -0.1) is 0 Å². The highest BCUT2D eigenvalue weighted by Crippen LogP contribution is 2.43. The summed E-state index contributed by atoms with van der Waals surface area (Å²) in [6, 6.07) is 8.99. The second kappa shape index (κ2) is 9.34. The second-order valence-corrected chi connectivity index (χ2v) is 15.0. The lowest BCUT2D eigenvalue weighted by Crippen LogP contribution is -2.23. The minimum atomic E-state index is -1.24. The molecular formula is C24H32N2O6Si. The van der Waals surface area contributed by atoms with Crippen LogP contribution in [-0.2, 0) is 27.7 Å². The first-order chi connectivity index (χ1) is 15.8. The Balaban J connectivity index is 1.97. The van der Waals surface area contributed by atoms with Crippen LogP contribution in [0.1, 0.15) is 5.56 Å². The number of methoxy groups -OCH3 is 2. The van der Waals surface area contributed by atoms with Crippen LogP contribution >= 0.6 is 0 Å². The van der Waals surface area contributed by atoms with E-state index in [1.807, 2.05) is 35.8 Å². The molecule has 0 saturated heterocycles. The van der Waals surface area contributed by atoms with Crippen molar-refractivity contribution in [1.82, 2.24) is 9.13 Å². The van der Waals surface area contributed by atoms with Gasteiger partial charge in [-0.1, -0.05) is 37.8 Å². The van der Waals surface area contributed by atoms with E-state index in [4.69, 9.17) is 23.4 Å². The van der Waals surface area contributed by atoms with E-state index < -0.39 is 13.8 Å². The Hall–Kier alpha value is -2.59. The Morgan fingerprint density at radius 1 is 1.00 bits per heavy atom. The third-order valence-electron chi connectivity index (χ3n) is 5.80. The van der Waals surface area contributed by atoms with Crippen LogP contribution in [0.15, 0.2) is 33.5 Å². The fraction of sp³-hybridized carbons (Fsp3) is 0.458. The van der Waals surface area contributed by atoms with Gasteiger partial charge in [0.1, 0.15) is 13.5 Å². The highest BCUT2D eigenvalue weighted by Gasteiger charge is 2.26. The number of para-hydroxylation sites is 1. The third-order valence-corrected chi connectivity index (χ3v) is 7.50. The van der Waals surface area contributed by atoms with Gasteiger partial charge in [0.05, 0.1) is 21.9 Å². The number of nitrogens with zero attached hydrogens (tertiary/aromatic N) is 2. The van der Waals surface area contributed by atoms with Crippen LogP contribution in [0.3, 0.4) is 0 Å². The van der Waals surface area contributed by atoms with Gasteiger partial charge in [-0.3, -0.25) is 0 Å². The monoisotopic (exact) mass is 472 g/mol. The first-order valence-electron chi connectivity index (χ1n) is 11.0. The molecule has 9 heteroatoms. The quantitative estimate of drug-likeness (QED) is 0.185. The van der Waals surface area contributed by atoms with Gasteiger partial charge < -0.3 is 27.9 Å². The number of oxazole rings is 1. The summed E-state index contributed by atoms with van der Waals surface area (Å²) in [5.41, 5.74) is 3.75. The van der Waals surface area contributed by atoms with E-state index in [0.29, 0.717) is 30.2 Å². The average molecular weight is 473 g/mol. The van der Waals surface area contributed by atoms with Gasteiger partial charge in [-0.05, 0) is 19.0 Å². The van der Waals surface area contributed by atoms with Crippen molar-refractivity contribution in [2.24, 2.45) is 0 Å². The molecule has 0 atom stereocenters. The Morgan fingerprint density at radius 2 is 1.76 bits per heavy atom. The van der Waals surface area contributed by atoms with Crippen molar-refractivity contribution in [2.45, 2.75) is 46.1 Å². The Morgan fingerprint density at radius 3 is 2.45 bits per heavy atom. The van der Waals surface area contributed by atoms with E-state index >= 15 is 0 Å². The van der Waals surface area contributed by atoms with E-state index in [1.54, 1.807) is 18.8 Å². The maximum atomic E-state index is 12.9. The normalized spacial score (nSPS) is 12.4. The van der Waals surface area contributed by atoms with Crippen LogP contribution < -0.4 is 10.5 Å². The molecule has 0 unspecified atom stereocenters.